The molecule has 0 bridgehead atoms. The number of ether oxygens (including phenoxy) is 1. The number of nitrogens with two attached hydrogens (primary N) is 1. The maximum absolute atomic E-state index is 13.2. The average Bonchev–Trinajstić information content (AvgIpc) is 2.71. The number of ketones is 1. The van der Waals surface area contributed by atoms with Crippen LogP contribution in [0.1, 0.15) is 26.7 Å². The fourth-order valence-corrected chi connectivity index (χ4v) is 3.86. The van der Waals surface area contributed by atoms with E-state index >= 15 is 0 Å². The van der Waals surface area contributed by atoms with Gasteiger partial charge in [-0.05, 0) is 25.8 Å². The Morgan fingerprint density at radius 3 is 2.70 bits per heavy atom. The number of nitrogens with zero attached hydrogens (tertiary/aromatic N) is 2. The van der Waals surface area contributed by atoms with Crippen molar-refractivity contribution in [1.29, 1.82) is 5.26 Å². The quantitative estimate of drug-likeness (QED) is 0.742. The number of carbonyl (C=O) groups is 2. The van der Waals surface area contributed by atoms with Crippen LogP contribution in [0.3, 0.4) is 0 Å². The van der Waals surface area contributed by atoms with Crippen molar-refractivity contribution in [3.05, 3.63) is 46.2 Å². The van der Waals surface area contributed by atoms with Crippen LogP contribution in [-0.2, 0) is 14.3 Å². The van der Waals surface area contributed by atoms with Gasteiger partial charge in [0.2, 0.25) is 11.8 Å². The van der Waals surface area contributed by atoms with Crippen LogP contribution in [0.15, 0.2) is 46.2 Å². The van der Waals surface area contributed by atoms with Crippen molar-refractivity contribution in [1.82, 2.24) is 4.90 Å². The molecule has 3 rings (SSSR count). The normalized spacial score (nSPS) is 26.7. The summed E-state index contributed by atoms with van der Waals surface area (Å²) >= 11 is 0. The van der Waals surface area contributed by atoms with Gasteiger partial charge < -0.3 is 15.4 Å². The zero-order chi connectivity index (χ0) is 16.9. The highest BCUT2D eigenvalue weighted by Crippen LogP contribution is 2.56. The summed E-state index contributed by atoms with van der Waals surface area (Å²) in [5.41, 5.74) is 6.25. The number of amides is 1. The minimum atomic E-state index is -1.44. The predicted molar refractivity (Wildman–Crippen MR) is 81.9 cm³/mol. The highest BCUT2D eigenvalue weighted by atomic mass is 16.5. The SMILES string of the molecule is CC(=O)C1=C(C)OC(N)=C(C#N)[C@]12C(=O)N(C)C1=C2CC=CC1. The first-order valence-corrected chi connectivity index (χ1v) is 7.33. The Kier molecular flexibility index (Phi) is 3.18. The van der Waals surface area contributed by atoms with E-state index in [0.29, 0.717) is 12.8 Å². The van der Waals surface area contributed by atoms with Crippen molar-refractivity contribution in [3.63, 3.8) is 0 Å². The number of nitriles is 1. The molecule has 0 saturated carbocycles. The minimum Gasteiger partial charge on any atom is -0.445 e. The molecule has 118 valence electrons. The number of hydrogen-bond acceptors (Lipinski definition) is 5. The van der Waals surface area contributed by atoms with Crippen LogP contribution in [0.25, 0.3) is 0 Å². The summed E-state index contributed by atoms with van der Waals surface area (Å²) in [4.78, 5) is 27.1. The molecule has 0 aromatic heterocycles. The van der Waals surface area contributed by atoms with Gasteiger partial charge in [-0.25, -0.2) is 0 Å². The van der Waals surface area contributed by atoms with Crippen LogP contribution in [0, 0.1) is 16.7 Å². The highest BCUT2D eigenvalue weighted by molar-refractivity contribution is 6.10. The molecule has 0 aromatic rings. The maximum Gasteiger partial charge on any atom is 0.247 e. The fourth-order valence-electron chi connectivity index (χ4n) is 3.86. The molecule has 0 fully saturated rings. The van der Waals surface area contributed by atoms with Crippen molar-refractivity contribution in [2.45, 2.75) is 26.7 Å². The molecule has 0 radical (unpaired) electrons. The zero-order valence-corrected chi connectivity index (χ0v) is 13.3. The lowest BCUT2D eigenvalue weighted by Gasteiger charge is -2.36. The predicted octanol–water partition coefficient (Wildman–Crippen LogP) is 1.64. The Morgan fingerprint density at radius 1 is 1.43 bits per heavy atom. The molecule has 2 N–H and O–H groups in total. The molecule has 1 amide bonds. The Labute approximate surface area is 134 Å². The monoisotopic (exact) mass is 311 g/mol. The molecule has 6 nitrogen and oxygen atoms in total. The first-order chi connectivity index (χ1) is 10.9. The third-order valence-electron chi connectivity index (χ3n) is 4.71. The van der Waals surface area contributed by atoms with E-state index in [9.17, 15) is 14.9 Å². The molecule has 6 heteroatoms. The summed E-state index contributed by atoms with van der Waals surface area (Å²) in [6.45, 7) is 2.98. The third-order valence-corrected chi connectivity index (χ3v) is 4.71. The number of rotatable bonds is 1. The molecule has 3 aliphatic rings. The summed E-state index contributed by atoms with van der Waals surface area (Å²) < 4.78 is 5.40. The number of fused-ring (bicyclic) bond motifs is 1. The van der Waals surface area contributed by atoms with E-state index in [1.807, 2.05) is 18.2 Å². The van der Waals surface area contributed by atoms with Gasteiger partial charge in [0.05, 0.1) is 5.57 Å². The number of carbonyl (C=O) groups excluding carboxylic acids is 2. The minimum absolute atomic E-state index is 0.00505. The van der Waals surface area contributed by atoms with Crippen LogP contribution < -0.4 is 5.73 Å². The van der Waals surface area contributed by atoms with Crippen LogP contribution in [0.4, 0.5) is 0 Å². The van der Waals surface area contributed by atoms with Gasteiger partial charge in [0.25, 0.3) is 0 Å². The summed E-state index contributed by atoms with van der Waals surface area (Å²) in [7, 11) is 1.67. The molecule has 23 heavy (non-hydrogen) atoms. The van der Waals surface area contributed by atoms with E-state index in [0.717, 1.165) is 11.3 Å². The number of Topliss-reactive ketones (excluding diaryl/α,β-unsaturated/α-hetero) is 1. The summed E-state index contributed by atoms with van der Waals surface area (Å²) in [5.74, 6) is -0.453. The molecule has 1 spiro atoms. The topological polar surface area (TPSA) is 96.4 Å². The molecule has 0 saturated heterocycles. The van der Waals surface area contributed by atoms with Crippen LogP contribution in [0.5, 0.6) is 0 Å². The summed E-state index contributed by atoms with van der Waals surface area (Å²) in [5, 5.41) is 9.65. The first kappa shape index (κ1) is 15.1. The first-order valence-electron chi connectivity index (χ1n) is 7.33. The van der Waals surface area contributed by atoms with Gasteiger partial charge in [-0.2, -0.15) is 5.26 Å². The van der Waals surface area contributed by atoms with Crippen molar-refractivity contribution in [2.75, 3.05) is 7.05 Å². The standard InChI is InChI=1S/C17H17N3O3/c1-9(21)14-10(2)23-15(19)12(8-18)17(14)11-6-4-5-7-13(11)20(3)16(17)22/h4-5H,6-7,19H2,1-3H3/t17-/m0/s1. The van der Waals surface area contributed by atoms with E-state index in [2.05, 4.69) is 0 Å². The van der Waals surface area contributed by atoms with E-state index in [-0.39, 0.29) is 34.5 Å². The molecule has 2 heterocycles. The van der Waals surface area contributed by atoms with Crippen LogP contribution >= 0.6 is 0 Å². The lowest BCUT2D eigenvalue weighted by molar-refractivity contribution is -0.133. The van der Waals surface area contributed by atoms with Gasteiger partial charge in [0.1, 0.15) is 22.8 Å². The van der Waals surface area contributed by atoms with E-state index < -0.39 is 5.41 Å². The molecule has 1 atom stereocenters. The molecular formula is C17H17N3O3. The third kappa shape index (κ3) is 1.67. The Morgan fingerprint density at radius 2 is 2.09 bits per heavy atom. The Hall–Kier alpha value is -2.81. The highest BCUT2D eigenvalue weighted by Gasteiger charge is 2.60. The van der Waals surface area contributed by atoms with Gasteiger partial charge in [0, 0.05) is 19.2 Å². The van der Waals surface area contributed by atoms with E-state index in [4.69, 9.17) is 10.5 Å². The van der Waals surface area contributed by atoms with E-state index in [1.54, 1.807) is 14.0 Å². The van der Waals surface area contributed by atoms with Gasteiger partial charge in [-0.15, -0.1) is 0 Å². The van der Waals surface area contributed by atoms with Gasteiger partial charge >= 0.3 is 0 Å². The van der Waals surface area contributed by atoms with Crippen LogP contribution in [-0.4, -0.2) is 23.6 Å². The average molecular weight is 311 g/mol. The molecule has 1 aliphatic carbocycles. The summed E-state index contributed by atoms with van der Waals surface area (Å²) in [6.07, 6.45) is 5.00. The van der Waals surface area contributed by atoms with Gasteiger partial charge in [0.15, 0.2) is 5.78 Å². The molecule has 0 unspecified atom stereocenters. The van der Waals surface area contributed by atoms with E-state index in [1.165, 1.54) is 11.8 Å². The van der Waals surface area contributed by atoms with Crippen molar-refractivity contribution in [2.24, 2.45) is 11.1 Å². The Bertz CT molecular complexity index is 807. The Balaban J connectivity index is 2.42. The largest absolute Gasteiger partial charge is 0.445 e. The second-order valence-corrected chi connectivity index (χ2v) is 5.86. The summed E-state index contributed by atoms with van der Waals surface area (Å²) in [6, 6.07) is 2.01. The smallest absolute Gasteiger partial charge is 0.247 e. The zero-order valence-electron chi connectivity index (χ0n) is 13.3. The van der Waals surface area contributed by atoms with Gasteiger partial charge in [-0.3, -0.25) is 9.59 Å². The lowest BCUT2D eigenvalue weighted by atomic mass is 9.65. The fraction of sp³-hybridized carbons (Fsp3) is 0.353. The molecular weight excluding hydrogens is 294 g/mol. The molecule has 2 aliphatic heterocycles. The van der Waals surface area contributed by atoms with Crippen molar-refractivity contribution in [3.8, 4) is 6.07 Å². The molecule has 0 aromatic carbocycles. The second-order valence-electron chi connectivity index (χ2n) is 5.86. The van der Waals surface area contributed by atoms with Gasteiger partial charge in [-0.1, -0.05) is 12.2 Å². The van der Waals surface area contributed by atoms with Crippen molar-refractivity contribution < 1.29 is 14.3 Å². The number of allylic oxidation sites excluding steroid dienone is 3. The second kappa shape index (κ2) is 4.85. The van der Waals surface area contributed by atoms with Crippen LogP contribution in [0.2, 0.25) is 0 Å². The lowest BCUT2D eigenvalue weighted by Crippen LogP contribution is -2.44. The van der Waals surface area contributed by atoms with Crippen molar-refractivity contribution >= 4 is 11.7 Å². The maximum atomic E-state index is 13.2. The number of hydrogen-bond donors (Lipinski definition) is 1.